The number of fused-ring (bicyclic) bond motifs is 1. The Hall–Kier alpha value is -2.64. The molecular formula is C28H35N3O3S. The number of Topliss-reactive ketones (excluding diaryl/α,β-unsaturated/α-hetero) is 1. The van der Waals surface area contributed by atoms with Gasteiger partial charge in [0.25, 0.3) is 5.56 Å². The average Bonchev–Trinajstić information content (AvgIpc) is 3.16. The van der Waals surface area contributed by atoms with Crippen LogP contribution in [-0.4, -0.2) is 39.4 Å². The fraction of sp³-hybridized carbons (Fsp3) is 0.464. The van der Waals surface area contributed by atoms with Crippen molar-refractivity contribution in [2.24, 2.45) is 0 Å². The summed E-state index contributed by atoms with van der Waals surface area (Å²) in [6.07, 6.45) is 8.77. The number of para-hydroxylation sites is 1. The van der Waals surface area contributed by atoms with Gasteiger partial charge in [0.2, 0.25) is 0 Å². The molecule has 0 bridgehead atoms. The molecule has 3 aromatic rings. The standard InChI is InChI=1S/C28H35N3O3S/c1-20-18-24(21(2)30(20)15-9-17-34-3)26(32)19-35-28-29-25-13-8-7-12-23(25)27(33)31(28)16-14-22-10-5-4-6-11-22/h7-8,10,12-13,18H,4-6,9,11,14-17,19H2,1-3H3. The predicted octanol–water partition coefficient (Wildman–Crippen LogP) is 5.72. The van der Waals surface area contributed by atoms with Crippen LogP contribution in [0.5, 0.6) is 0 Å². The fourth-order valence-electron chi connectivity index (χ4n) is 4.84. The van der Waals surface area contributed by atoms with E-state index < -0.39 is 0 Å². The second-order valence-corrected chi connectivity index (χ2v) is 10.2. The van der Waals surface area contributed by atoms with Gasteiger partial charge in [0.05, 0.1) is 16.7 Å². The summed E-state index contributed by atoms with van der Waals surface area (Å²) < 4.78 is 9.12. The maximum Gasteiger partial charge on any atom is 0.262 e. The Kier molecular flexibility index (Phi) is 8.63. The van der Waals surface area contributed by atoms with E-state index in [1.54, 1.807) is 11.7 Å². The van der Waals surface area contributed by atoms with Crippen LogP contribution in [0.4, 0.5) is 0 Å². The van der Waals surface area contributed by atoms with Crippen molar-refractivity contribution >= 4 is 28.4 Å². The lowest BCUT2D eigenvalue weighted by Crippen LogP contribution is -2.24. The number of carbonyl (C=O) groups is 1. The van der Waals surface area contributed by atoms with Crippen molar-refractivity contribution in [1.29, 1.82) is 0 Å². The number of aromatic nitrogens is 3. The molecule has 1 aromatic carbocycles. The van der Waals surface area contributed by atoms with Gasteiger partial charge in [0.1, 0.15) is 0 Å². The second kappa shape index (κ2) is 11.9. The third-order valence-electron chi connectivity index (χ3n) is 6.80. The molecule has 0 spiro atoms. The number of nitrogens with zero attached hydrogens (tertiary/aromatic N) is 3. The lowest BCUT2D eigenvalue weighted by molar-refractivity contribution is 0.102. The van der Waals surface area contributed by atoms with Crippen molar-refractivity contribution in [3.05, 3.63) is 69.3 Å². The monoisotopic (exact) mass is 493 g/mol. The third kappa shape index (κ3) is 5.96. The van der Waals surface area contributed by atoms with Crippen LogP contribution in [-0.2, 0) is 17.8 Å². The Morgan fingerprint density at radius 1 is 1.14 bits per heavy atom. The number of benzene rings is 1. The molecule has 1 aliphatic carbocycles. The van der Waals surface area contributed by atoms with E-state index in [9.17, 15) is 9.59 Å². The van der Waals surface area contributed by atoms with E-state index in [1.165, 1.54) is 30.2 Å². The number of carbonyl (C=O) groups excluding carboxylic acids is 1. The number of ether oxygens (including phenoxy) is 1. The summed E-state index contributed by atoms with van der Waals surface area (Å²) in [4.78, 5) is 31.4. The molecule has 6 nitrogen and oxygen atoms in total. The van der Waals surface area contributed by atoms with Crippen LogP contribution in [0.1, 0.15) is 60.3 Å². The molecule has 186 valence electrons. The van der Waals surface area contributed by atoms with Crippen molar-refractivity contribution in [2.45, 2.75) is 70.6 Å². The molecule has 0 fully saturated rings. The first kappa shape index (κ1) is 25.5. The highest BCUT2D eigenvalue weighted by Crippen LogP contribution is 2.24. The average molecular weight is 494 g/mol. The molecule has 0 unspecified atom stereocenters. The minimum Gasteiger partial charge on any atom is -0.385 e. The number of rotatable bonds is 11. The summed E-state index contributed by atoms with van der Waals surface area (Å²) >= 11 is 1.36. The molecule has 7 heteroatoms. The molecule has 35 heavy (non-hydrogen) atoms. The molecule has 4 rings (SSSR count). The maximum atomic E-state index is 13.4. The van der Waals surface area contributed by atoms with Gasteiger partial charge in [-0.05, 0) is 70.6 Å². The van der Waals surface area contributed by atoms with Crippen LogP contribution in [0, 0.1) is 13.8 Å². The van der Waals surface area contributed by atoms with Gasteiger partial charge < -0.3 is 9.30 Å². The van der Waals surface area contributed by atoms with Crippen molar-refractivity contribution in [3.8, 4) is 0 Å². The van der Waals surface area contributed by atoms with Crippen LogP contribution in [0.2, 0.25) is 0 Å². The normalized spacial score (nSPS) is 13.9. The highest BCUT2D eigenvalue weighted by molar-refractivity contribution is 7.99. The minimum absolute atomic E-state index is 0.0294. The van der Waals surface area contributed by atoms with E-state index in [0.717, 1.165) is 49.2 Å². The van der Waals surface area contributed by atoms with E-state index in [4.69, 9.17) is 9.72 Å². The van der Waals surface area contributed by atoms with Gasteiger partial charge in [-0.1, -0.05) is 35.5 Å². The topological polar surface area (TPSA) is 66.1 Å². The summed E-state index contributed by atoms with van der Waals surface area (Å²) in [6.45, 7) is 6.14. The molecule has 2 aromatic heterocycles. The largest absolute Gasteiger partial charge is 0.385 e. The van der Waals surface area contributed by atoms with E-state index in [-0.39, 0.29) is 17.1 Å². The Morgan fingerprint density at radius 3 is 2.74 bits per heavy atom. The molecule has 1 aliphatic rings. The molecule has 0 saturated heterocycles. The molecule has 0 atom stereocenters. The molecule has 0 radical (unpaired) electrons. The summed E-state index contributed by atoms with van der Waals surface area (Å²) in [5.74, 6) is 0.306. The Bertz CT molecular complexity index is 1290. The van der Waals surface area contributed by atoms with Gasteiger partial charge in [-0.2, -0.15) is 0 Å². The van der Waals surface area contributed by atoms with Gasteiger partial charge in [-0.3, -0.25) is 14.2 Å². The van der Waals surface area contributed by atoms with Crippen LogP contribution >= 0.6 is 11.8 Å². The maximum absolute atomic E-state index is 13.4. The Balaban J connectivity index is 1.55. The third-order valence-corrected chi connectivity index (χ3v) is 7.78. The molecule has 0 saturated carbocycles. The van der Waals surface area contributed by atoms with Gasteiger partial charge in [0, 0.05) is 43.8 Å². The van der Waals surface area contributed by atoms with Crippen molar-refractivity contribution in [2.75, 3.05) is 19.5 Å². The number of aryl methyl sites for hydroxylation is 1. The van der Waals surface area contributed by atoms with Gasteiger partial charge in [-0.15, -0.1) is 0 Å². The number of thioether (sulfide) groups is 1. The zero-order valence-electron chi connectivity index (χ0n) is 21.0. The van der Waals surface area contributed by atoms with Gasteiger partial charge >= 0.3 is 0 Å². The number of hydrogen-bond acceptors (Lipinski definition) is 5. The minimum atomic E-state index is -0.0294. The zero-order chi connectivity index (χ0) is 24.8. The zero-order valence-corrected chi connectivity index (χ0v) is 21.8. The quantitative estimate of drug-likeness (QED) is 0.112. The SMILES string of the molecule is COCCCn1c(C)cc(C(=O)CSc2nc3ccccc3c(=O)n2CCC2=CCCCC2)c1C. The van der Waals surface area contributed by atoms with Crippen LogP contribution in [0.3, 0.4) is 0 Å². The fourth-order valence-corrected chi connectivity index (χ4v) is 5.75. The summed E-state index contributed by atoms with van der Waals surface area (Å²) in [6, 6.07) is 9.44. The molecule has 0 amide bonds. The molecule has 2 heterocycles. The van der Waals surface area contributed by atoms with E-state index in [1.807, 2.05) is 44.2 Å². The summed E-state index contributed by atoms with van der Waals surface area (Å²) in [7, 11) is 1.70. The molecular weight excluding hydrogens is 458 g/mol. The van der Waals surface area contributed by atoms with Gasteiger partial charge in [-0.25, -0.2) is 4.98 Å². The molecule has 0 N–H and O–H groups in total. The van der Waals surface area contributed by atoms with Crippen molar-refractivity contribution in [3.63, 3.8) is 0 Å². The smallest absolute Gasteiger partial charge is 0.262 e. The summed E-state index contributed by atoms with van der Waals surface area (Å²) in [5, 5.41) is 1.24. The molecule has 0 aliphatic heterocycles. The number of allylic oxidation sites excluding steroid dienone is 2. The Morgan fingerprint density at radius 2 is 1.97 bits per heavy atom. The van der Waals surface area contributed by atoms with Crippen molar-refractivity contribution in [1.82, 2.24) is 14.1 Å². The van der Waals surface area contributed by atoms with Crippen molar-refractivity contribution < 1.29 is 9.53 Å². The number of hydrogen-bond donors (Lipinski definition) is 0. The van der Waals surface area contributed by atoms with E-state index in [0.29, 0.717) is 29.2 Å². The first-order valence-electron chi connectivity index (χ1n) is 12.5. The summed E-state index contributed by atoms with van der Waals surface area (Å²) in [5.41, 5.74) is 4.87. The first-order valence-corrected chi connectivity index (χ1v) is 13.5. The van der Waals surface area contributed by atoms with Crippen LogP contribution < -0.4 is 5.56 Å². The van der Waals surface area contributed by atoms with Crippen LogP contribution in [0.25, 0.3) is 10.9 Å². The van der Waals surface area contributed by atoms with Crippen LogP contribution in [0.15, 0.2) is 51.9 Å². The van der Waals surface area contributed by atoms with E-state index in [2.05, 4.69) is 10.6 Å². The lowest BCUT2D eigenvalue weighted by atomic mass is 9.97. The highest BCUT2D eigenvalue weighted by Gasteiger charge is 2.18. The van der Waals surface area contributed by atoms with E-state index >= 15 is 0 Å². The number of ketones is 1. The Labute approximate surface area is 211 Å². The van der Waals surface area contributed by atoms with Gasteiger partial charge in [0.15, 0.2) is 10.9 Å². The second-order valence-electron chi connectivity index (χ2n) is 9.22. The highest BCUT2D eigenvalue weighted by atomic mass is 32.2. The lowest BCUT2D eigenvalue weighted by Gasteiger charge is -2.16. The number of methoxy groups -OCH3 is 1. The predicted molar refractivity (Wildman–Crippen MR) is 143 cm³/mol. The first-order chi connectivity index (χ1) is 17.0.